The number of nitrogens with zero attached hydrogens (tertiary/aromatic N) is 2. The van der Waals surface area contributed by atoms with Gasteiger partial charge in [0.15, 0.2) is 0 Å². The predicted molar refractivity (Wildman–Crippen MR) is 79.6 cm³/mol. The Kier molecular flexibility index (Phi) is 6.20. The van der Waals surface area contributed by atoms with Gasteiger partial charge < -0.3 is 14.6 Å². The molecule has 0 fully saturated rings. The molecule has 20 heavy (non-hydrogen) atoms. The van der Waals surface area contributed by atoms with Gasteiger partial charge in [-0.2, -0.15) is 0 Å². The first kappa shape index (κ1) is 16.7. The quantitative estimate of drug-likeness (QED) is 0.779. The zero-order valence-corrected chi connectivity index (χ0v) is 13.4. The van der Waals surface area contributed by atoms with Crippen LogP contribution < -0.4 is 5.32 Å². The van der Waals surface area contributed by atoms with E-state index in [1.54, 1.807) is 6.33 Å². The summed E-state index contributed by atoms with van der Waals surface area (Å²) in [5.74, 6) is -0.215. The molecule has 1 aromatic heterocycles. The normalized spacial score (nSPS) is 13.2. The number of carbonyl (C=O) groups is 1. The molecule has 0 aromatic carbocycles. The number of hydrogen-bond acceptors (Lipinski definition) is 4. The molecule has 0 radical (unpaired) electrons. The minimum atomic E-state index is -0.354. The summed E-state index contributed by atoms with van der Waals surface area (Å²) >= 11 is 0. The Morgan fingerprint density at radius 3 is 2.40 bits per heavy atom. The lowest BCUT2D eigenvalue weighted by Crippen LogP contribution is -2.44. The van der Waals surface area contributed by atoms with Gasteiger partial charge in [-0.25, -0.2) is 4.98 Å². The van der Waals surface area contributed by atoms with Crippen molar-refractivity contribution in [3.05, 3.63) is 18.2 Å². The number of ether oxygens (including phenoxy) is 1. The van der Waals surface area contributed by atoms with E-state index < -0.39 is 0 Å². The molecule has 0 bridgehead atoms. The number of nitrogens with one attached hydrogen (secondary N) is 1. The van der Waals surface area contributed by atoms with E-state index in [0.29, 0.717) is 12.5 Å². The van der Waals surface area contributed by atoms with E-state index in [1.165, 1.54) is 0 Å². The molecule has 0 aliphatic rings. The Balaban J connectivity index is 2.74. The molecular formula is C15H27N3O2. The van der Waals surface area contributed by atoms with Gasteiger partial charge in [-0.3, -0.25) is 4.79 Å². The van der Waals surface area contributed by atoms with Crippen molar-refractivity contribution in [2.45, 2.75) is 72.2 Å². The van der Waals surface area contributed by atoms with Gasteiger partial charge in [-0.05, 0) is 27.7 Å². The minimum Gasteiger partial charge on any atom is -0.462 e. The van der Waals surface area contributed by atoms with E-state index in [-0.39, 0.29) is 24.2 Å². The van der Waals surface area contributed by atoms with Crippen LogP contribution in [0, 0.1) is 0 Å². The van der Waals surface area contributed by atoms with Gasteiger partial charge in [0.05, 0.1) is 18.1 Å². The maximum atomic E-state index is 12.1. The fraction of sp³-hybridized carbons (Fsp3) is 0.733. The van der Waals surface area contributed by atoms with Crippen LogP contribution in [0.3, 0.4) is 0 Å². The van der Waals surface area contributed by atoms with Crippen molar-refractivity contribution in [1.29, 1.82) is 0 Å². The van der Waals surface area contributed by atoms with Crippen LogP contribution in [0.5, 0.6) is 0 Å². The van der Waals surface area contributed by atoms with E-state index >= 15 is 0 Å². The number of aromatic nitrogens is 2. The Morgan fingerprint density at radius 1 is 1.30 bits per heavy atom. The first-order chi connectivity index (χ1) is 9.29. The molecule has 0 spiro atoms. The second-order valence-corrected chi connectivity index (χ2v) is 5.97. The molecule has 114 valence electrons. The smallest absolute Gasteiger partial charge is 0.323 e. The van der Waals surface area contributed by atoms with E-state index in [1.807, 2.05) is 38.5 Å². The molecule has 0 aliphatic carbocycles. The second kappa shape index (κ2) is 7.43. The molecule has 1 heterocycles. The summed E-state index contributed by atoms with van der Waals surface area (Å²) < 4.78 is 7.34. The van der Waals surface area contributed by atoms with Gasteiger partial charge >= 0.3 is 5.97 Å². The van der Waals surface area contributed by atoms with Crippen molar-refractivity contribution in [1.82, 2.24) is 14.9 Å². The van der Waals surface area contributed by atoms with Crippen molar-refractivity contribution in [2.75, 3.05) is 0 Å². The number of esters is 1. The molecular weight excluding hydrogens is 254 g/mol. The number of hydrogen-bond donors (Lipinski definition) is 1. The van der Waals surface area contributed by atoms with Crippen LogP contribution in [0.25, 0.3) is 0 Å². The van der Waals surface area contributed by atoms with Crippen molar-refractivity contribution in [3.63, 3.8) is 0 Å². The standard InChI is InChI=1S/C15H27N3O2/c1-10(2)17-14(15(19)20-12(5)6)7-13-8-18(9-16-13)11(3)4/h8-12,14,17H,7H2,1-6H3. The van der Waals surface area contributed by atoms with Gasteiger partial charge in [0.25, 0.3) is 0 Å². The van der Waals surface area contributed by atoms with E-state index in [0.717, 1.165) is 5.69 Å². The van der Waals surface area contributed by atoms with Gasteiger partial charge in [0, 0.05) is 24.7 Å². The molecule has 5 nitrogen and oxygen atoms in total. The molecule has 0 saturated carbocycles. The minimum absolute atomic E-state index is 0.104. The highest BCUT2D eigenvalue weighted by Crippen LogP contribution is 2.09. The maximum absolute atomic E-state index is 12.1. The zero-order valence-electron chi connectivity index (χ0n) is 13.4. The second-order valence-electron chi connectivity index (χ2n) is 5.97. The summed E-state index contributed by atoms with van der Waals surface area (Å²) in [4.78, 5) is 16.5. The summed E-state index contributed by atoms with van der Waals surface area (Å²) in [7, 11) is 0. The van der Waals surface area contributed by atoms with Crippen LogP contribution in [-0.4, -0.2) is 33.7 Å². The monoisotopic (exact) mass is 281 g/mol. The summed E-state index contributed by atoms with van der Waals surface area (Å²) in [5.41, 5.74) is 0.901. The fourth-order valence-electron chi connectivity index (χ4n) is 1.90. The molecule has 0 saturated heterocycles. The van der Waals surface area contributed by atoms with Gasteiger partial charge in [-0.15, -0.1) is 0 Å². The highest BCUT2D eigenvalue weighted by Gasteiger charge is 2.23. The summed E-state index contributed by atoms with van der Waals surface area (Å²) in [6, 6.07) is 0.232. The Hall–Kier alpha value is -1.36. The molecule has 0 aliphatic heterocycles. The first-order valence-electron chi connectivity index (χ1n) is 7.28. The number of carbonyl (C=O) groups excluding carboxylic acids is 1. The fourth-order valence-corrected chi connectivity index (χ4v) is 1.90. The van der Waals surface area contributed by atoms with Crippen LogP contribution in [0.2, 0.25) is 0 Å². The maximum Gasteiger partial charge on any atom is 0.323 e. The third kappa shape index (κ3) is 5.33. The van der Waals surface area contributed by atoms with Crippen LogP contribution in [0.15, 0.2) is 12.5 Å². The molecule has 1 aromatic rings. The van der Waals surface area contributed by atoms with Crippen molar-refractivity contribution < 1.29 is 9.53 Å². The first-order valence-corrected chi connectivity index (χ1v) is 7.28. The van der Waals surface area contributed by atoms with Gasteiger partial charge in [-0.1, -0.05) is 13.8 Å². The van der Waals surface area contributed by atoms with Crippen LogP contribution in [0.4, 0.5) is 0 Å². The van der Waals surface area contributed by atoms with Gasteiger partial charge in [0.1, 0.15) is 6.04 Å². The largest absolute Gasteiger partial charge is 0.462 e. The van der Waals surface area contributed by atoms with Crippen LogP contribution in [-0.2, 0) is 16.0 Å². The van der Waals surface area contributed by atoms with Crippen molar-refractivity contribution in [3.8, 4) is 0 Å². The lowest BCUT2D eigenvalue weighted by atomic mass is 10.1. The van der Waals surface area contributed by atoms with E-state index in [2.05, 4.69) is 24.1 Å². The summed E-state index contributed by atoms with van der Waals surface area (Å²) in [5, 5.41) is 3.25. The molecule has 0 amide bonds. The number of rotatable bonds is 7. The van der Waals surface area contributed by atoms with E-state index in [9.17, 15) is 4.79 Å². The Bertz CT molecular complexity index is 425. The molecule has 1 atom stereocenters. The van der Waals surface area contributed by atoms with Crippen molar-refractivity contribution >= 4 is 5.97 Å². The summed E-state index contributed by atoms with van der Waals surface area (Å²) in [6.45, 7) is 11.9. The van der Waals surface area contributed by atoms with Gasteiger partial charge in [0.2, 0.25) is 0 Å². The van der Waals surface area contributed by atoms with Crippen LogP contribution in [0.1, 0.15) is 53.3 Å². The Morgan fingerprint density at radius 2 is 1.95 bits per heavy atom. The molecule has 1 N–H and O–H groups in total. The topological polar surface area (TPSA) is 56.2 Å². The average molecular weight is 281 g/mol. The zero-order chi connectivity index (χ0) is 15.3. The van der Waals surface area contributed by atoms with Crippen LogP contribution >= 0.6 is 0 Å². The Labute approximate surface area is 121 Å². The lowest BCUT2D eigenvalue weighted by molar-refractivity contribution is -0.150. The summed E-state index contributed by atoms with van der Waals surface area (Å²) in [6.07, 6.45) is 4.23. The SMILES string of the molecule is CC(C)NC(Cc1cn(C(C)C)cn1)C(=O)OC(C)C. The lowest BCUT2D eigenvalue weighted by Gasteiger charge is -2.20. The van der Waals surface area contributed by atoms with E-state index in [4.69, 9.17) is 4.74 Å². The number of imidazole rings is 1. The average Bonchev–Trinajstić information content (AvgIpc) is 2.75. The third-order valence-corrected chi connectivity index (χ3v) is 2.84. The highest BCUT2D eigenvalue weighted by atomic mass is 16.5. The predicted octanol–water partition coefficient (Wildman–Crippen LogP) is 2.32. The molecule has 1 rings (SSSR count). The third-order valence-electron chi connectivity index (χ3n) is 2.84. The molecule has 1 unspecified atom stereocenters. The molecule has 5 heteroatoms. The highest BCUT2D eigenvalue weighted by molar-refractivity contribution is 5.76. The van der Waals surface area contributed by atoms with Crippen molar-refractivity contribution in [2.24, 2.45) is 0 Å².